The molecule has 0 spiro atoms. The number of aromatic nitrogens is 4. The van der Waals surface area contributed by atoms with Crippen molar-refractivity contribution < 1.29 is 0 Å². The largest absolute Gasteiger partial charge is 0.380 e. The van der Waals surface area contributed by atoms with Gasteiger partial charge in [-0.1, -0.05) is 12.8 Å². The first-order chi connectivity index (χ1) is 8.83. The molecule has 0 bridgehead atoms. The Morgan fingerprint density at radius 3 is 3.11 bits per heavy atom. The zero-order valence-electron chi connectivity index (χ0n) is 10.5. The number of hydrogen-bond donors (Lipinski definition) is 1. The number of rotatable bonds is 5. The predicted molar refractivity (Wildman–Crippen MR) is 69.6 cm³/mol. The van der Waals surface area contributed by atoms with Crippen LogP contribution in [-0.2, 0) is 0 Å². The average Bonchev–Trinajstić information content (AvgIpc) is 3.01. The van der Waals surface area contributed by atoms with E-state index in [1.807, 2.05) is 12.1 Å². The maximum absolute atomic E-state index is 4.37. The number of nitrogens with zero attached hydrogens (tertiary/aromatic N) is 4. The van der Waals surface area contributed by atoms with Crippen LogP contribution in [0.4, 0.5) is 5.69 Å². The lowest BCUT2D eigenvalue weighted by atomic mass is 10.1. The molecule has 0 aromatic carbocycles. The molecule has 94 valence electrons. The highest BCUT2D eigenvalue weighted by Crippen LogP contribution is 2.34. The fourth-order valence-corrected chi connectivity index (χ4v) is 2.19. The zero-order chi connectivity index (χ0) is 12.4. The lowest BCUT2D eigenvalue weighted by Gasteiger charge is -2.16. The number of anilines is 1. The third-order valence-corrected chi connectivity index (χ3v) is 3.21. The minimum atomic E-state index is 0.462. The Labute approximate surface area is 106 Å². The van der Waals surface area contributed by atoms with Gasteiger partial charge in [-0.05, 0) is 31.4 Å². The molecule has 2 aromatic rings. The van der Waals surface area contributed by atoms with Crippen LogP contribution in [0.1, 0.15) is 26.2 Å². The summed E-state index contributed by atoms with van der Waals surface area (Å²) in [7, 11) is 0. The minimum Gasteiger partial charge on any atom is -0.380 e. The van der Waals surface area contributed by atoms with E-state index in [4.69, 9.17) is 0 Å². The lowest BCUT2D eigenvalue weighted by molar-refractivity contribution is 0.641. The maximum atomic E-state index is 4.37. The normalized spacial score (nSPS) is 16.5. The summed E-state index contributed by atoms with van der Waals surface area (Å²) in [6.07, 6.45) is 8.95. The topological polar surface area (TPSA) is 55.6 Å². The van der Waals surface area contributed by atoms with Crippen molar-refractivity contribution in [1.82, 2.24) is 19.7 Å². The molecule has 0 amide bonds. The summed E-state index contributed by atoms with van der Waals surface area (Å²) in [5.41, 5.74) is 1.01. The third kappa shape index (κ3) is 2.50. The van der Waals surface area contributed by atoms with E-state index in [0.717, 1.165) is 17.4 Å². The van der Waals surface area contributed by atoms with Gasteiger partial charge in [0, 0.05) is 12.2 Å². The van der Waals surface area contributed by atoms with E-state index in [0.29, 0.717) is 6.04 Å². The van der Waals surface area contributed by atoms with Crippen molar-refractivity contribution in [3.8, 4) is 5.82 Å². The van der Waals surface area contributed by atoms with Crippen LogP contribution in [0.3, 0.4) is 0 Å². The molecule has 5 heteroatoms. The van der Waals surface area contributed by atoms with Crippen LogP contribution in [0.25, 0.3) is 5.82 Å². The van der Waals surface area contributed by atoms with E-state index in [-0.39, 0.29) is 0 Å². The molecule has 1 aliphatic carbocycles. The summed E-state index contributed by atoms with van der Waals surface area (Å²) in [6.45, 7) is 2.22. The fourth-order valence-electron chi connectivity index (χ4n) is 2.19. The molecule has 5 nitrogen and oxygen atoms in total. The molecule has 3 rings (SSSR count). The van der Waals surface area contributed by atoms with Gasteiger partial charge in [0.1, 0.15) is 12.7 Å². The van der Waals surface area contributed by atoms with Crippen LogP contribution in [0.2, 0.25) is 0 Å². The highest BCUT2D eigenvalue weighted by Gasteiger charge is 2.23. The second-order valence-electron chi connectivity index (χ2n) is 4.94. The average molecular weight is 243 g/mol. The molecule has 0 aliphatic heterocycles. The van der Waals surface area contributed by atoms with E-state index in [1.165, 1.54) is 25.6 Å². The molecule has 1 N–H and O–H groups in total. The molecule has 1 unspecified atom stereocenters. The SMILES string of the molecule is CC(CC1CC1)Nc1cccnc1-n1cncn1. The van der Waals surface area contributed by atoms with Crippen molar-refractivity contribution in [2.24, 2.45) is 5.92 Å². The van der Waals surface area contributed by atoms with Crippen molar-refractivity contribution in [1.29, 1.82) is 0 Å². The third-order valence-electron chi connectivity index (χ3n) is 3.21. The monoisotopic (exact) mass is 243 g/mol. The minimum absolute atomic E-state index is 0.462. The van der Waals surface area contributed by atoms with Gasteiger partial charge in [-0.15, -0.1) is 0 Å². The molecule has 0 saturated heterocycles. The smallest absolute Gasteiger partial charge is 0.178 e. The Morgan fingerprint density at radius 1 is 1.50 bits per heavy atom. The summed E-state index contributed by atoms with van der Waals surface area (Å²) >= 11 is 0. The van der Waals surface area contributed by atoms with Gasteiger partial charge in [-0.2, -0.15) is 5.10 Å². The molecule has 0 radical (unpaired) electrons. The van der Waals surface area contributed by atoms with Crippen molar-refractivity contribution in [3.63, 3.8) is 0 Å². The van der Waals surface area contributed by atoms with E-state index in [1.54, 1.807) is 17.2 Å². The summed E-state index contributed by atoms with van der Waals surface area (Å²) in [6, 6.07) is 4.43. The van der Waals surface area contributed by atoms with Gasteiger partial charge >= 0.3 is 0 Å². The van der Waals surface area contributed by atoms with Gasteiger partial charge in [-0.25, -0.2) is 14.6 Å². The molecular weight excluding hydrogens is 226 g/mol. The number of pyridine rings is 1. The molecule has 2 heterocycles. The first kappa shape index (κ1) is 11.2. The van der Waals surface area contributed by atoms with E-state index in [9.17, 15) is 0 Å². The summed E-state index contributed by atoms with van der Waals surface area (Å²) in [5, 5.41) is 7.65. The second-order valence-corrected chi connectivity index (χ2v) is 4.94. The Bertz CT molecular complexity index is 504. The van der Waals surface area contributed by atoms with Crippen LogP contribution in [-0.4, -0.2) is 25.8 Å². The molecule has 2 aromatic heterocycles. The highest BCUT2D eigenvalue weighted by atomic mass is 15.3. The van der Waals surface area contributed by atoms with E-state index < -0.39 is 0 Å². The van der Waals surface area contributed by atoms with Gasteiger partial charge in [0.25, 0.3) is 0 Å². The molecule has 1 aliphatic rings. The molecule has 1 atom stereocenters. The summed E-state index contributed by atoms with van der Waals surface area (Å²) < 4.78 is 1.69. The van der Waals surface area contributed by atoms with Crippen molar-refractivity contribution in [3.05, 3.63) is 31.0 Å². The van der Waals surface area contributed by atoms with Crippen molar-refractivity contribution >= 4 is 5.69 Å². The fraction of sp³-hybridized carbons (Fsp3) is 0.462. The van der Waals surface area contributed by atoms with E-state index in [2.05, 4.69) is 27.3 Å². The predicted octanol–water partition coefficient (Wildman–Crippen LogP) is 2.26. The van der Waals surface area contributed by atoms with E-state index >= 15 is 0 Å². The second kappa shape index (κ2) is 4.76. The molecule has 1 saturated carbocycles. The van der Waals surface area contributed by atoms with Crippen LogP contribution in [0.15, 0.2) is 31.0 Å². The van der Waals surface area contributed by atoms with Gasteiger partial charge in [-0.3, -0.25) is 0 Å². The Morgan fingerprint density at radius 2 is 2.39 bits per heavy atom. The van der Waals surface area contributed by atoms with Crippen LogP contribution in [0, 0.1) is 5.92 Å². The molecule has 18 heavy (non-hydrogen) atoms. The van der Waals surface area contributed by atoms with Crippen molar-refractivity contribution in [2.45, 2.75) is 32.2 Å². The zero-order valence-corrected chi connectivity index (χ0v) is 10.5. The first-order valence-electron chi connectivity index (χ1n) is 6.39. The Hall–Kier alpha value is -1.91. The molecular formula is C13H17N5. The maximum Gasteiger partial charge on any atom is 0.178 e. The van der Waals surface area contributed by atoms with Crippen LogP contribution >= 0.6 is 0 Å². The van der Waals surface area contributed by atoms with Gasteiger partial charge in [0.2, 0.25) is 0 Å². The summed E-state index contributed by atoms with van der Waals surface area (Å²) in [5.74, 6) is 1.72. The standard InChI is InChI=1S/C13H17N5/c1-10(7-11-4-5-11)17-12-3-2-6-15-13(12)18-9-14-8-16-18/h2-3,6,8-11,17H,4-5,7H2,1H3. The number of nitrogens with one attached hydrogen (secondary N) is 1. The first-order valence-corrected chi connectivity index (χ1v) is 6.39. The van der Waals surface area contributed by atoms with Gasteiger partial charge < -0.3 is 5.32 Å². The Balaban J connectivity index is 1.78. The highest BCUT2D eigenvalue weighted by molar-refractivity contribution is 5.56. The van der Waals surface area contributed by atoms with Crippen LogP contribution < -0.4 is 5.32 Å². The Kier molecular flexibility index (Phi) is 2.96. The van der Waals surface area contributed by atoms with Gasteiger partial charge in [0.05, 0.1) is 5.69 Å². The van der Waals surface area contributed by atoms with Crippen molar-refractivity contribution in [2.75, 3.05) is 5.32 Å². The quantitative estimate of drug-likeness (QED) is 0.875. The lowest BCUT2D eigenvalue weighted by Crippen LogP contribution is -2.17. The van der Waals surface area contributed by atoms with Gasteiger partial charge in [0.15, 0.2) is 5.82 Å². The van der Waals surface area contributed by atoms with Crippen LogP contribution in [0.5, 0.6) is 0 Å². The number of hydrogen-bond acceptors (Lipinski definition) is 4. The molecule has 1 fully saturated rings. The summed E-state index contributed by atoms with van der Waals surface area (Å²) in [4.78, 5) is 8.33.